The Bertz CT molecular complexity index is 1210. The molecule has 1 aromatic carbocycles. The maximum atomic E-state index is 12.9. The molecule has 182 valence electrons. The number of benzene rings is 1. The zero-order valence-corrected chi connectivity index (χ0v) is 20.2. The van der Waals surface area contributed by atoms with E-state index in [2.05, 4.69) is 30.7 Å². The molecule has 3 heterocycles. The molecule has 2 aromatic heterocycles. The Balaban J connectivity index is 1.30. The lowest BCUT2D eigenvalue weighted by atomic mass is 10.1. The van der Waals surface area contributed by atoms with E-state index in [0.29, 0.717) is 31.2 Å². The van der Waals surface area contributed by atoms with Crippen LogP contribution in [0.2, 0.25) is 10.2 Å². The number of carbonyl (C=O) groups is 1. The van der Waals surface area contributed by atoms with Crippen LogP contribution in [0, 0.1) is 0 Å². The Morgan fingerprint density at radius 2 is 2.15 bits per heavy atom. The maximum Gasteiger partial charge on any atom is 0.294 e. The van der Waals surface area contributed by atoms with Gasteiger partial charge in [0, 0.05) is 42.6 Å². The fraction of sp³-hybridized carbons (Fsp3) is 0.455. The van der Waals surface area contributed by atoms with Crippen molar-refractivity contribution in [3.8, 4) is 0 Å². The van der Waals surface area contributed by atoms with Gasteiger partial charge in [0.2, 0.25) is 5.91 Å². The molecule has 1 atom stereocenters. The average Bonchev–Trinajstić information content (AvgIpc) is 3.40. The van der Waals surface area contributed by atoms with E-state index >= 15 is 0 Å². The largest absolute Gasteiger partial charge is 0.369 e. The Hall–Kier alpha value is -2.66. The monoisotopic (exact) mass is 506 g/mol. The molecular weight excluding hydrogens is 479 g/mol. The van der Waals surface area contributed by atoms with Gasteiger partial charge in [-0.1, -0.05) is 23.2 Å². The Morgan fingerprint density at radius 1 is 1.29 bits per heavy atom. The van der Waals surface area contributed by atoms with Gasteiger partial charge in [-0.2, -0.15) is 5.10 Å². The van der Waals surface area contributed by atoms with Gasteiger partial charge < -0.3 is 16.4 Å². The highest BCUT2D eigenvalue weighted by Crippen LogP contribution is 2.21. The Kier molecular flexibility index (Phi) is 8.04. The van der Waals surface area contributed by atoms with E-state index in [1.54, 1.807) is 6.07 Å². The lowest BCUT2D eigenvalue weighted by Gasteiger charge is -2.23. The Labute approximate surface area is 206 Å². The minimum absolute atomic E-state index is 0.262. The van der Waals surface area contributed by atoms with E-state index in [1.165, 1.54) is 10.8 Å². The standard InChI is InChI=1S/C22H28Cl2N8O2/c23-14-3-4-17-16(10-14)18(30-29-17)11-26-7-9-32-19(24)12-28-21(22(32)34)27-6-5-15-2-1-8-31(15)13-20(25)33/h3-4,10,12,15,26H,1-2,5-9,11,13H2,(H2,25,33)(H,27,28)(H,29,30). The number of aromatic amines is 1. The summed E-state index contributed by atoms with van der Waals surface area (Å²) >= 11 is 12.3. The van der Waals surface area contributed by atoms with Crippen molar-refractivity contribution in [1.29, 1.82) is 0 Å². The van der Waals surface area contributed by atoms with Gasteiger partial charge in [0.15, 0.2) is 5.82 Å². The van der Waals surface area contributed by atoms with Crippen molar-refractivity contribution in [2.24, 2.45) is 5.73 Å². The van der Waals surface area contributed by atoms with Crippen LogP contribution in [0.1, 0.15) is 25.0 Å². The molecule has 4 rings (SSSR count). The molecule has 0 radical (unpaired) electrons. The van der Waals surface area contributed by atoms with Crippen molar-refractivity contribution in [1.82, 2.24) is 30.0 Å². The summed E-state index contributed by atoms with van der Waals surface area (Å²) in [6.07, 6.45) is 4.32. The minimum Gasteiger partial charge on any atom is -0.369 e. The number of nitrogens with two attached hydrogens (primary N) is 1. The van der Waals surface area contributed by atoms with Crippen molar-refractivity contribution in [3.05, 3.63) is 50.6 Å². The van der Waals surface area contributed by atoms with Crippen LogP contribution in [0.4, 0.5) is 5.82 Å². The van der Waals surface area contributed by atoms with Crippen LogP contribution in [0.5, 0.6) is 0 Å². The third-order valence-electron chi connectivity index (χ3n) is 6.04. The summed E-state index contributed by atoms with van der Waals surface area (Å²) in [6, 6.07) is 5.81. The second-order valence-electron chi connectivity index (χ2n) is 8.38. The van der Waals surface area contributed by atoms with Gasteiger partial charge in [0.1, 0.15) is 5.15 Å². The van der Waals surface area contributed by atoms with E-state index in [-0.39, 0.29) is 35.0 Å². The van der Waals surface area contributed by atoms with Crippen molar-refractivity contribution < 1.29 is 4.79 Å². The predicted molar refractivity (Wildman–Crippen MR) is 133 cm³/mol. The summed E-state index contributed by atoms with van der Waals surface area (Å²) in [5, 5.41) is 15.6. The van der Waals surface area contributed by atoms with E-state index in [9.17, 15) is 9.59 Å². The molecule has 1 aliphatic heterocycles. The van der Waals surface area contributed by atoms with E-state index in [4.69, 9.17) is 28.9 Å². The molecule has 1 amide bonds. The van der Waals surface area contributed by atoms with Crippen molar-refractivity contribution in [2.75, 3.05) is 31.5 Å². The molecule has 0 aliphatic carbocycles. The summed E-state index contributed by atoms with van der Waals surface area (Å²) in [5.41, 5.74) is 6.83. The van der Waals surface area contributed by atoms with Gasteiger partial charge >= 0.3 is 0 Å². The first kappa shape index (κ1) is 24.5. The number of halogens is 2. The number of primary amides is 1. The first-order chi connectivity index (χ1) is 16.4. The fourth-order valence-corrected chi connectivity index (χ4v) is 4.74. The third kappa shape index (κ3) is 5.87. The summed E-state index contributed by atoms with van der Waals surface area (Å²) in [7, 11) is 0. The van der Waals surface area contributed by atoms with Gasteiger partial charge in [-0.3, -0.25) is 24.2 Å². The number of anilines is 1. The number of fused-ring (bicyclic) bond motifs is 1. The topological polar surface area (TPSA) is 134 Å². The number of hydrogen-bond acceptors (Lipinski definition) is 7. The van der Waals surface area contributed by atoms with Crippen LogP contribution in [0.3, 0.4) is 0 Å². The SMILES string of the molecule is NC(=O)CN1CCCC1CCNc1ncc(Cl)n(CCNCc2[nH]nc3ccc(Cl)cc23)c1=O. The van der Waals surface area contributed by atoms with E-state index < -0.39 is 0 Å². The average molecular weight is 507 g/mol. The molecule has 3 aromatic rings. The molecule has 1 aliphatic rings. The minimum atomic E-state index is -0.319. The number of amides is 1. The molecule has 1 fully saturated rings. The molecule has 5 N–H and O–H groups in total. The second kappa shape index (κ2) is 11.2. The predicted octanol–water partition coefficient (Wildman–Crippen LogP) is 1.97. The molecule has 0 saturated carbocycles. The quantitative estimate of drug-likeness (QED) is 0.292. The van der Waals surface area contributed by atoms with Crippen LogP contribution in [0.25, 0.3) is 10.9 Å². The lowest BCUT2D eigenvalue weighted by molar-refractivity contribution is -0.119. The zero-order chi connectivity index (χ0) is 24.1. The molecule has 10 nitrogen and oxygen atoms in total. The summed E-state index contributed by atoms with van der Waals surface area (Å²) in [6.45, 7) is 3.16. The summed E-state index contributed by atoms with van der Waals surface area (Å²) in [5.74, 6) is -0.0571. The van der Waals surface area contributed by atoms with E-state index in [1.807, 2.05) is 12.1 Å². The fourth-order valence-electron chi connectivity index (χ4n) is 4.36. The number of rotatable bonds is 11. The van der Waals surface area contributed by atoms with E-state index in [0.717, 1.165) is 42.4 Å². The molecule has 34 heavy (non-hydrogen) atoms. The second-order valence-corrected chi connectivity index (χ2v) is 9.20. The van der Waals surface area contributed by atoms with Crippen LogP contribution in [-0.2, 0) is 17.9 Å². The molecule has 1 saturated heterocycles. The van der Waals surface area contributed by atoms with Crippen LogP contribution in [0.15, 0.2) is 29.2 Å². The van der Waals surface area contributed by atoms with Gasteiger partial charge in [-0.25, -0.2) is 4.98 Å². The third-order valence-corrected chi connectivity index (χ3v) is 6.58. The van der Waals surface area contributed by atoms with Crippen molar-refractivity contribution >= 4 is 45.8 Å². The summed E-state index contributed by atoms with van der Waals surface area (Å²) < 4.78 is 1.49. The number of carbonyl (C=O) groups excluding carboxylic acids is 1. The highest BCUT2D eigenvalue weighted by molar-refractivity contribution is 6.31. The number of likely N-dealkylation sites (tertiary alicyclic amines) is 1. The highest BCUT2D eigenvalue weighted by atomic mass is 35.5. The molecule has 0 bridgehead atoms. The van der Waals surface area contributed by atoms with Crippen molar-refractivity contribution in [2.45, 2.75) is 38.4 Å². The number of aromatic nitrogens is 4. The number of H-pyrrole nitrogens is 1. The van der Waals surface area contributed by atoms with Gasteiger partial charge in [-0.15, -0.1) is 0 Å². The van der Waals surface area contributed by atoms with Crippen molar-refractivity contribution in [3.63, 3.8) is 0 Å². The van der Waals surface area contributed by atoms with Crippen LogP contribution < -0.4 is 21.9 Å². The van der Waals surface area contributed by atoms with Gasteiger partial charge in [0.05, 0.1) is 24.0 Å². The Morgan fingerprint density at radius 3 is 2.97 bits per heavy atom. The maximum absolute atomic E-state index is 12.9. The molecule has 0 spiro atoms. The van der Waals surface area contributed by atoms with Gasteiger partial charge in [-0.05, 0) is 44.0 Å². The molecular formula is C22H28Cl2N8O2. The highest BCUT2D eigenvalue weighted by Gasteiger charge is 2.25. The van der Waals surface area contributed by atoms with Gasteiger partial charge in [0.25, 0.3) is 5.56 Å². The molecule has 1 unspecified atom stereocenters. The first-order valence-corrected chi connectivity index (χ1v) is 12.0. The number of nitrogens with zero attached hydrogens (tertiary/aromatic N) is 4. The van der Waals surface area contributed by atoms with Crippen LogP contribution in [-0.4, -0.2) is 62.8 Å². The summed E-state index contributed by atoms with van der Waals surface area (Å²) in [4.78, 5) is 30.4. The number of hydrogen-bond donors (Lipinski definition) is 4. The smallest absolute Gasteiger partial charge is 0.294 e. The molecule has 12 heteroatoms. The van der Waals surface area contributed by atoms with Crippen LogP contribution >= 0.6 is 23.2 Å². The zero-order valence-electron chi connectivity index (χ0n) is 18.7. The number of nitrogens with one attached hydrogen (secondary N) is 3. The lowest BCUT2D eigenvalue weighted by Crippen LogP contribution is -2.38. The normalized spacial score (nSPS) is 16.4. The first-order valence-electron chi connectivity index (χ1n) is 11.3.